The van der Waals surface area contributed by atoms with Gasteiger partial charge in [-0.15, -0.1) is 0 Å². The number of likely N-dealkylation sites (N-methyl/N-ethyl adjacent to an activating group) is 1. The molecule has 0 unspecified atom stereocenters. The van der Waals surface area contributed by atoms with Crippen molar-refractivity contribution < 1.29 is 9.59 Å². The highest BCUT2D eigenvalue weighted by atomic mass is 16.2. The van der Waals surface area contributed by atoms with E-state index in [1.165, 1.54) is 11.0 Å². The van der Waals surface area contributed by atoms with Crippen molar-refractivity contribution in [2.45, 2.75) is 26.4 Å². The molecule has 6 heteroatoms. The lowest BCUT2D eigenvalue weighted by Gasteiger charge is -2.15. The lowest BCUT2D eigenvalue weighted by atomic mass is 10.2. The Morgan fingerprint density at radius 1 is 1.33 bits per heavy atom. The first-order valence-corrected chi connectivity index (χ1v) is 7.73. The molecule has 0 fully saturated rings. The molecule has 2 amide bonds. The van der Waals surface area contributed by atoms with Gasteiger partial charge < -0.3 is 14.8 Å². The van der Waals surface area contributed by atoms with E-state index in [0.29, 0.717) is 23.8 Å². The quantitative estimate of drug-likeness (QED) is 0.830. The van der Waals surface area contributed by atoms with E-state index in [1.807, 2.05) is 10.8 Å². The molecule has 1 N–H and O–H groups in total. The molecule has 0 aliphatic rings. The third kappa shape index (κ3) is 4.10. The van der Waals surface area contributed by atoms with E-state index >= 15 is 0 Å². The molecule has 0 aliphatic carbocycles. The topological polar surface area (TPSA) is 67.2 Å². The maximum atomic E-state index is 12.2. The van der Waals surface area contributed by atoms with Crippen molar-refractivity contribution in [3.8, 4) is 0 Å². The average Bonchev–Trinajstić information content (AvgIpc) is 3.07. The number of carbonyl (C=O) groups is 2. The predicted molar refractivity (Wildman–Crippen MR) is 93.8 cm³/mol. The van der Waals surface area contributed by atoms with Crippen molar-refractivity contribution in [2.24, 2.45) is 0 Å². The Hall–Kier alpha value is -2.89. The molecule has 0 radical (unpaired) electrons. The van der Waals surface area contributed by atoms with Crippen LogP contribution in [-0.2, 0) is 11.3 Å². The summed E-state index contributed by atoms with van der Waals surface area (Å²) < 4.78 is 1.99. The van der Waals surface area contributed by atoms with Crippen LogP contribution < -0.4 is 10.2 Å². The summed E-state index contributed by atoms with van der Waals surface area (Å²) in [6, 6.07) is 7.16. The standard InChI is InChI=1S/C18H22N4O2/c1-5-17(23)21(4)16-8-6-14(7-9-16)18(24)19-10-15-11-22(12-20-15)13(2)3/h5-9,11-13H,1,10H2,2-4H3,(H,19,24). The van der Waals surface area contributed by atoms with Gasteiger partial charge in [-0.05, 0) is 44.2 Å². The van der Waals surface area contributed by atoms with Crippen LogP contribution in [0.1, 0.15) is 35.9 Å². The third-order valence-corrected chi connectivity index (χ3v) is 3.70. The van der Waals surface area contributed by atoms with Gasteiger partial charge in [0.1, 0.15) is 0 Å². The monoisotopic (exact) mass is 326 g/mol. The summed E-state index contributed by atoms with van der Waals surface area (Å²) in [4.78, 5) is 29.5. The normalized spacial score (nSPS) is 10.5. The fraction of sp³-hybridized carbons (Fsp3) is 0.278. The van der Waals surface area contributed by atoms with Gasteiger partial charge in [-0.1, -0.05) is 6.58 Å². The summed E-state index contributed by atoms with van der Waals surface area (Å²) in [5.74, 6) is -0.383. The second kappa shape index (κ2) is 7.59. The van der Waals surface area contributed by atoms with Gasteiger partial charge in [-0.2, -0.15) is 0 Å². The van der Waals surface area contributed by atoms with Crippen molar-refractivity contribution in [1.29, 1.82) is 0 Å². The van der Waals surface area contributed by atoms with E-state index < -0.39 is 0 Å². The highest BCUT2D eigenvalue weighted by molar-refractivity contribution is 6.01. The van der Waals surface area contributed by atoms with Crippen LogP contribution in [0, 0.1) is 0 Å². The molecule has 0 saturated heterocycles. The first kappa shape index (κ1) is 17.5. The Morgan fingerprint density at radius 3 is 2.54 bits per heavy atom. The minimum Gasteiger partial charge on any atom is -0.346 e. The van der Waals surface area contributed by atoms with E-state index in [1.54, 1.807) is 37.6 Å². The highest BCUT2D eigenvalue weighted by Crippen LogP contribution is 2.14. The molecule has 1 heterocycles. The number of amides is 2. The second-order valence-electron chi connectivity index (χ2n) is 5.74. The van der Waals surface area contributed by atoms with Gasteiger partial charge in [-0.25, -0.2) is 4.98 Å². The minimum absolute atomic E-state index is 0.182. The summed E-state index contributed by atoms with van der Waals surface area (Å²) in [5, 5.41) is 2.84. The zero-order valence-corrected chi connectivity index (χ0v) is 14.2. The number of hydrogen-bond donors (Lipinski definition) is 1. The summed E-state index contributed by atoms with van der Waals surface area (Å²) >= 11 is 0. The lowest BCUT2D eigenvalue weighted by molar-refractivity contribution is -0.113. The van der Waals surface area contributed by atoms with Gasteiger partial charge in [0.2, 0.25) is 5.91 Å². The van der Waals surface area contributed by atoms with E-state index in [4.69, 9.17) is 0 Å². The van der Waals surface area contributed by atoms with Gasteiger partial charge in [0.05, 0.1) is 18.6 Å². The molecule has 0 aliphatic heterocycles. The van der Waals surface area contributed by atoms with Gasteiger partial charge in [0.15, 0.2) is 0 Å². The van der Waals surface area contributed by atoms with Gasteiger partial charge in [0, 0.05) is 30.5 Å². The molecular formula is C18H22N4O2. The van der Waals surface area contributed by atoms with Crippen LogP contribution in [0.15, 0.2) is 49.4 Å². The zero-order chi connectivity index (χ0) is 17.7. The number of aromatic nitrogens is 2. The number of anilines is 1. The molecule has 2 rings (SSSR count). The summed E-state index contributed by atoms with van der Waals surface area (Å²) in [6.07, 6.45) is 4.92. The van der Waals surface area contributed by atoms with Gasteiger partial charge >= 0.3 is 0 Å². The number of imidazole rings is 1. The van der Waals surface area contributed by atoms with E-state index in [9.17, 15) is 9.59 Å². The van der Waals surface area contributed by atoms with Gasteiger partial charge in [0.25, 0.3) is 5.91 Å². The van der Waals surface area contributed by atoms with Crippen LogP contribution in [0.3, 0.4) is 0 Å². The van der Waals surface area contributed by atoms with E-state index in [2.05, 4.69) is 30.7 Å². The van der Waals surface area contributed by atoms with Crippen LogP contribution in [-0.4, -0.2) is 28.4 Å². The summed E-state index contributed by atoms with van der Waals surface area (Å²) in [6.45, 7) is 7.96. The number of nitrogens with zero attached hydrogens (tertiary/aromatic N) is 3. The number of nitrogens with one attached hydrogen (secondary N) is 1. The Bertz CT molecular complexity index is 732. The molecule has 1 aromatic heterocycles. The van der Waals surface area contributed by atoms with Crippen LogP contribution in [0.25, 0.3) is 0 Å². The molecule has 0 spiro atoms. The van der Waals surface area contributed by atoms with Crippen LogP contribution in [0.5, 0.6) is 0 Å². The molecule has 24 heavy (non-hydrogen) atoms. The van der Waals surface area contributed by atoms with Crippen LogP contribution in [0.4, 0.5) is 5.69 Å². The molecule has 2 aromatic rings. The lowest BCUT2D eigenvalue weighted by Crippen LogP contribution is -2.25. The number of rotatable bonds is 6. The molecule has 0 bridgehead atoms. The largest absolute Gasteiger partial charge is 0.346 e. The minimum atomic E-state index is -0.201. The van der Waals surface area contributed by atoms with Gasteiger partial charge in [-0.3, -0.25) is 9.59 Å². The van der Waals surface area contributed by atoms with Crippen molar-refractivity contribution in [3.63, 3.8) is 0 Å². The Labute approximate surface area is 141 Å². The first-order chi connectivity index (χ1) is 11.4. The third-order valence-electron chi connectivity index (χ3n) is 3.70. The summed E-state index contributed by atoms with van der Waals surface area (Å²) in [7, 11) is 1.66. The second-order valence-corrected chi connectivity index (χ2v) is 5.74. The first-order valence-electron chi connectivity index (χ1n) is 7.73. The molecule has 6 nitrogen and oxygen atoms in total. The fourth-order valence-corrected chi connectivity index (χ4v) is 2.13. The smallest absolute Gasteiger partial charge is 0.251 e. The van der Waals surface area contributed by atoms with E-state index in [-0.39, 0.29) is 11.8 Å². The average molecular weight is 326 g/mol. The predicted octanol–water partition coefficient (Wildman–Crippen LogP) is 2.54. The molecule has 1 aromatic carbocycles. The number of benzene rings is 1. The molecule has 126 valence electrons. The van der Waals surface area contributed by atoms with Crippen LogP contribution >= 0.6 is 0 Å². The van der Waals surface area contributed by atoms with E-state index in [0.717, 1.165) is 5.69 Å². The van der Waals surface area contributed by atoms with Crippen molar-refractivity contribution in [2.75, 3.05) is 11.9 Å². The molecule has 0 atom stereocenters. The Balaban J connectivity index is 1.97. The Kier molecular flexibility index (Phi) is 5.52. The van der Waals surface area contributed by atoms with Crippen molar-refractivity contribution in [1.82, 2.24) is 14.9 Å². The molecular weight excluding hydrogens is 304 g/mol. The maximum absolute atomic E-state index is 12.2. The van der Waals surface area contributed by atoms with Crippen molar-refractivity contribution in [3.05, 3.63) is 60.7 Å². The SMILES string of the molecule is C=CC(=O)N(C)c1ccc(C(=O)NCc2cn(C(C)C)cn2)cc1. The van der Waals surface area contributed by atoms with Crippen LogP contribution in [0.2, 0.25) is 0 Å². The highest BCUT2D eigenvalue weighted by Gasteiger charge is 2.10. The molecule has 0 saturated carbocycles. The maximum Gasteiger partial charge on any atom is 0.251 e. The number of carbonyl (C=O) groups excluding carboxylic acids is 2. The number of hydrogen-bond acceptors (Lipinski definition) is 3. The Morgan fingerprint density at radius 2 is 2.00 bits per heavy atom. The zero-order valence-electron chi connectivity index (χ0n) is 14.2. The summed E-state index contributed by atoms with van der Waals surface area (Å²) in [5.41, 5.74) is 2.04. The fourth-order valence-electron chi connectivity index (χ4n) is 2.13. The van der Waals surface area contributed by atoms with Crippen molar-refractivity contribution >= 4 is 17.5 Å².